The van der Waals surface area contributed by atoms with Gasteiger partial charge in [0.1, 0.15) is 5.75 Å². The van der Waals surface area contributed by atoms with Gasteiger partial charge in [0.25, 0.3) is 5.91 Å². The van der Waals surface area contributed by atoms with Crippen molar-refractivity contribution in [2.24, 2.45) is 0 Å². The molecule has 4 nitrogen and oxygen atoms in total. The van der Waals surface area contributed by atoms with E-state index in [-0.39, 0.29) is 11.7 Å². The lowest BCUT2D eigenvalue weighted by molar-refractivity contribution is 0.102. The second-order valence-corrected chi connectivity index (χ2v) is 4.60. The van der Waals surface area contributed by atoms with Crippen LogP contribution in [-0.4, -0.2) is 16.0 Å². The van der Waals surface area contributed by atoms with Crippen molar-refractivity contribution in [1.29, 1.82) is 0 Å². The molecule has 0 bridgehead atoms. The van der Waals surface area contributed by atoms with Crippen LogP contribution in [-0.2, 0) is 0 Å². The van der Waals surface area contributed by atoms with Crippen molar-refractivity contribution in [3.8, 4) is 5.75 Å². The molecule has 1 heterocycles. The largest absolute Gasteiger partial charge is 0.508 e. The van der Waals surface area contributed by atoms with Crippen LogP contribution in [0.4, 0.5) is 5.69 Å². The van der Waals surface area contributed by atoms with Crippen LogP contribution in [0, 0.1) is 20.8 Å². The summed E-state index contributed by atoms with van der Waals surface area (Å²) in [6.45, 7) is 5.50. The molecule has 0 saturated carbocycles. The van der Waals surface area contributed by atoms with Gasteiger partial charge in [-0.05, 0) is 56.2 Å². The van der Waals surface area contributed by atoms with E-state index in [1.165, 1.54) is 0 Å². The third kappa shape index (κ3) is 2.91. The number of pyridine rings is 1. The van der Waals surface area contributed by atoms with Crippen LogP contribution in [0.15, 0.2) is 30.5 Å². The van der Waals surface area contributed by atoms with Crippen LogP contribution in [0.2, 0.25) is 0 Å². The first-order valence-corrected chi connectivity index (χ1v) is 6.01. The highest BCUT2D eigenvalue weighted by atomic mass is 16.3. The zero-order valence-corrected chi connectivity index (χ0v) is 11.2. The molecule has 1 aromatic carbocycles. The van der Waals surface area contributed by atoms with Gasteiger partial charge in [-0.25, -0.2) is 0 Å². The maximum absolute atomic E-state index is 12.1. The molecule has 0 aliphatic rings. The molecular weight excluding hydrogens is 240 g/mol. The van der Waals surface area contributed by atoms with Crippen molar-refractivity contribution in [3.05, 3.63) is 52.8 Å². The van der Waals surface area contributed by atoms with Crippen molar-refractivity contribution < 1.29 is 9.90 Å². The second-order valence-electron chi connectivity index (χ2n) is 4.60. The quantitative estimate of drug-likeness (QED) is 0.812. The topological polar surface area (TPSA) is 62.2 Å². The van der Waals surface area contributed by atoms with Gasteiger partial charge in [-0.15, -0.1) is 0 Å². The Bertz CT molecular complexity index is 619. The second kappa shape index (κ2) is 5.10. The van der Waals surface area contributed by atoms with E-state index < -0.39 is 0 Å². The maximum Gasteiger partial charge on any atom is 0.257 e. The van der Waals surface area contributed by atoms with Crippen LogP contribution in [0.5, 0.6) is 5.75 Å². The van der Waals surface area contributed by atoms with Crippen LogP contribution < -0.4 is 5.32 Å². The number of anilines is 1. The van der Waals surface area contributed by atoms with Crippen molar-refractivity contribution in [2.45, 2.75) is 20.8 Å². The predicted octanol–water partition coefficient (Wildman–Crippen LogP) is 2.96. The number of hydrogen-bond acceptors (Lipinski definition) is 3. The van der Waals surface area contributed by atoms with Crippen molar-refractivity contribution in [1.82, 2.24) is 4.98 Å². The molecule has 19 heavy (non-hydrogen) atoms. The summed E-state index contributed by atoms with van der Waals surface area (Å²) in [6, 6.07) is 6.92. The molecule has 4 heteroatoms. The Hall–Kier alpha value is -2.36. The summed E-state index contributed by atoms with van der Waals surface area (Å²) in [5.41, 5.74) is 3.62. The van der Waals surface area contributed by atoms with Gasteiger partial charge in [-0.1, -0.05) is 0 Å². The maximum atomic E-state index is 12.1. The van der Waals surface area contributed by atoms with Crippen LogP contribution in [0.3, 0.4) is 0 Å². The lowest BCUT2D eigenvalue weighted by Crippen LogP contribution is -2.13. The highest BCUT2D eigenvalue weighted by Crippen LogP contribution is 2.25. The van der Waals surface area contributed by atoms with E-state index in [0.29, 0.717) is 11.3 Å². The smallest absolute Gasteiger partial charge is 0.257 e. The normalized spacial score (nSPS) is 10.3. The number of carbonyl (C=O) groups excluding carboxylic acids is 1. The molecule has 0 radical (unpaired) electrons. The number of aromatic nitrogens is 1. The van der Waals surface area contributed by atoms with Crippen LogP contribution >= 0.6 is 0 Å². The van der Waals surface area contributed by atoms with Gasteiger partial charge in [0.2, 0.25) is 0 Å². The minimum Gasteiger partial charge on any atom is -0.508 e. The van der Waals surface area contributed by atoms with Gasteiger partial charge in [-0.3, -0.25) is 9.78 Å². The fourth-order valence-corrected chi connectivity index (χ4v) is 1.73. The molecule has 2 N–H and O–H groups in total. The summed E-state index contributed by atoms with van der Waals surface area (Å²) in [7, 11) is 0. The number of nitrogens with one attached hydrogen (secondary N) is 1. The Morgan fingerprint density at radius 1 is 1.16 bits per heavy atom. The number of carbonyl (C=O) groups is 1. The van der Waals surface area contributed by atoms with Crippen LogP contribution in [0.1, 0.15) is 27.2 Å². The number of hydrogen-bond donors (Lipinski definition) is 2. The molecule has 0 aliphatic heterocycles. The zero-order valence-electron chi connectivity index (χ0n) is 11.2. The summed E-state index contributed by atoms with van der Waals surface area (Å²) < 4.78 is 0. The Labute approximate surface area is 112 Å². The fourth-order valence-electron chi connectivity index (χ4n) is 1.73. The summed E-state index contributed by atoms with van der Waals surface area (Å²) in [6.07, 6.45) is 1.55. The number of amides is 1. The lowest BCUT2D eigenvalue weighted by atomic mass is 10.1. The van der Waals surface area contributed by atoms with E-state index in [1.807, 2.05) is 13.8 Å². The fraction of sp³-hybridized carbons (Fsp3) is 0.200. The molecule has 2 aromatic rings. The monoisotopic (exact) mass is 256 g/mol. The number of phenols is 1. The van der Waals surface area contributed by atoms with Gasteiger partial charge >= 0.3 is 0 Å². The molecule has 0 spiro atoms. The first-order valence-electron chi connectivity index (χ1n) is 6.01. The van der Waals surface area contributed by atoms with E-state index >= 15 is 0 Å². The molecule has 98 valence electrons. The molecule has 2 rings (SSSR count). The molecular formula is C15H16N2O2. The van der Waals surface area contributed by atoms with E-state index in [1.54, 1.807) is 37.4 Å². The summed E-state index contributed by atoms with van der Waals surface area (Å²) in [5.74, 6) is 0.0215. The summed E-state index contributed by atoms with van der Waals surface area (Å²) in [4.78, 5) is 16.2. The van der Waals surface area contributed by atoms with Gasteiger partial charge in [0, 0.05) is 17.6 Å². The third-order valence-electron chi connectivity index (χ3n) is 2.96. The first-order chi connectivity index (χ1) is 8.97. The van der Waals surface area contributed by atoms with Crippen molar-refractivity contribution in [2.75, 3.05) is 5.32 Å². The molecule has 1 aromatic heterocycles. The minimum absolute atomic E-state index is 0.208. The molecule has 1 amide bonds. The average Bonchev–Trinajstić information content (AvgIpc) is 2.36. The first kappa shape index (κ1) is 13.1. The van der Waals surface area contributed by atoms with Gasteiger partial charge in [-0.2, -0.15) is 0 Å². The molecule has 0 aliphatic carbocycles. The Morgan fingerprint density at radius 2 is 1.89 bits per heavy atom. The van der Waals surface area contributed by atoms with Gasteiger partial charge in [0.05, 0.1) is 5.56 Å². The van der Waals surface area contributed by atoms with E-state index in [0.717, 1.165) is 16.8 Å². The minimum atomic E-state index is -0.208. The number of phenolic OH excluding ortho intramolecular Hbond substituents is 1. The third-order valence-corrected chi connectivity index (χ3v) is 2.96. The highest BCUT2D eigenvalue weighted by Gasteiger charge is 2.09. The standard InChI is InChI=1S/C15H16N2O2/c1-9-7-14(18)10(2)6-13(9)17-15(19)12-5-4-11(3)16-8-12/h4-8,18H,1-3H3,(H,17,19). The summed E-state index contributed by atoms with van der Waals surface area (Å²) >= 11 is 0. The number of nitrogens with zero attached hydrogens (tertiary/aromatic N) is 1. The van der Waals surface area contributed by atoms with E-state index in [9.17, 15) is 9.90 Å². The zero-order chi connectivity index (χ0) is 14.0. The number of benzene rings is 1. The van der Waals surface area contributed by atoms with Crippen LogP contribution in [0.25, 0.3) is 0 Å². The Balaban J connectivity index is 2.24. The molecule has 0 unspecified atom stereocenters. The number of aryl methyl sites for hydroxylation is 3. The highest BCUT2D eigenvalue weighted by molar-refractivity contribution is 6.04. The average molecular weight is 256 g/mol. The van der Waals surface area contributed by atoms with Crippen molar-refractivity contribution >= 4 is 11.6 Å². The molecule has 0 fully saturated rings. The lowest BCUT2D eigenvalue weighted by Gasteiger charge is -2.10. The van der Waals surface area contributed by atoms with Gasteiger partial charge < -0.3 is 10.4 Å². The Morgan fingerprint density at radius 3 is 2.53 bits per heavy atom. The summed E-state index contributed by atoms with van der Waals surface area (Å²) in [5, 5.41) is 12.4. The number of rotatable bonds is 2. The van der Waals surface area contributed by atoms with E-state index in [4.69, 9.17) is 0 Å². The molecule has 0 atom stereocenters. The van der Waals surface area contributed by atoms with Gasteiger partial charge in [0.15, 0.2) is 0 Å². The van der Waals surface area contributed by atoms with Crippen molar-refractivity contribution in [3.63, 3.8) is 0 Å². The molecule has 0 saturated heterocycles. The number of aromatic hydroxyl groups is 1. The van der Waals surface area contributed by atoms with E-state index in [2.05, 4.69) is 10.3 Å². The Kier molecular flexibility index (Phi) is 3.51. The predicted molar refractivity (Wildman–Crippen MR) is 74.5 cm³/mol. The SMILES string of the molecule is Cc1ccc(C(=O)Nc2cc(C)c(O)cc2C)cn1.